The van der Waals surface area contributed by atoms with E-state index in [2.05, 4.69) is 58.7 Å². The van der Waals surface area contributed by atoms with E-state index in [9.17, 15) is 0 Å². The summed E-state index contributed by atoms with van der Waals surface area (Å²) in [4.78, 5) is 2.64. The lowest BCUT2D eigenvalue weighted by Crippen LogP contribution is -2.50. The summed E-state index contributed by atoms with van der Waals surface area (Å²) in [5.74, 6) is 0.435. The molecule has 24 heavy (non-hydrogen) atoms. The van der Waals surface area contributed by atoms with E-state index >= 15 is 0 Å². The van der Waals surface area contributed by atoms with Crippen LogP contribution in [0.5, 0.6) is 0 Å². The maximum Gasteiger partial charge on any atom is 0.0476 e. The number of nitrogens with zero attached hydrogens (tertiary/aromatic N) is 1. The van der Waals surface area contributed by atoms with Crippen LogP contribution in [0.1, 0.15) is 34.2 Å². The molecule has 5 heteroatoms. The van der Waals surface area contributed by atoms with E-state index in [1.807, 2.05) is 0 Å². The summed E-state index contributed by atoms with van der Waals surface area (Å²) in [6, 6.07) is 18.1. The van der Waals surface area contributed by atoms with Crippen LogP contribution < -0.4 is 11.1 Å². The van der Waals surface area contributed by atoms with Gasteiger partial charge in [0.15, 0.2) is 0 Å². The predicted octanol–water partition coefficient (Wildman–Crippen LogP) is 3.08. The maximum absolute atomic E-state index is 5.99. The maximum atomic E-state index is 5.99. The van der Waals surface area contributed by atoms with E-state index in [1.165, 1.54) is 22.3 Å². The van der Waals surface area contributed by atoms with Gasteiger partial charge in [0.2, 0.25) is 0 Å². The highest BCUT2D eigenvalue weighted by Gasteiger charge is 2.35. The lowest BCUT2D eigenvalue weighted by molar-refractivity contribution is 0.143. The number of hydrogen-bond donors (Lipinski definition) is 2. The summed E-state index contributed by atoms with van der Waals surface area (Å²) in [5.41, 5.74) is 11.6. The molecule has 0 radical (unpaired) electrons. The van der Waals surface area contributed by atoms with Crippen LogP contribution in [-0.2, 0) is 6.54 Å². The summed E-state index contributed by atoms with van der Waals surface area (Å²) in [7, 11) is 0. The lowest BCUT2D eigenvalue weighted by Gasteiger charge is -2.44. The second kappa shape index (κ2) is 8.32. The molecule has 0 saturated carbocycles. The fourth-order valence-electron chi connectivity index (χ4n) is 4.06. The first-order valence-corrected chi connectivity index (χ1v) is 8.20. The number of piperazine rings is 1. The molecule has 0 spiro atoms. The third-order valence-electron chi connectivity index (χ3n) is 5.15. The standard InChI is InChI=1S/C19H23N3.2ClH/c20-11-14-5-1-2-6-15(14)18-13-22-10-9-21-12-19(22)17-8-4-3-7-16(17)18;;/h1-8,18-19,21H,9-13,20H2;2*1H/t18-,19+;;/m1../s1. The van der Waals surface area contributed by atoms with Gasteiger partial charge in [0.25, 0.3) is 0 Å². The van der Waals surface area contributed by atoms with Gasteiger partial charge < -0.3 is 11.1 Å². The van der Waals surface area contributed by atoms with Crippen LogP contribution in [-0.4, -0.2) is 31.1 Å². The molecule has 2 aliphatic rings. The molecule has 1 fully saturated rings. The number of halogens is 2. The third kappa shape index (κ3) is 3.32. The Balaban J connectivity index is 0.00000104. The minimum absolute atomic E-state index is 0. The zero-order valence-electron chi connectivity index (χ0n) is 13.7. The zero-order valence-corrected chi connectivity index (χ0v) is 15.3. The van der Waals surface area contributed by atoms with Crippen LogP contribution >= 0.6 is 24.8 Å². The van der Waals surface area contributed by atoms with E-state index in [4.69, 9.17) is 5.73 Å². The van der Waals surface area contributed by atoms with Crippen LogP contribution in [0.3, 0.4) is 0 Å². The fourth-order valence-corrected chi connectivity index (χ4v) is 4.06. The summed E-state index contributed by atoms with van der Waals surface area (Å²) in [5, 5.41) is 3.54. The van der Waals surface area contributed by atoms with E-state index in [-0.39, 0.29) is 24.8 Å². The highest BCUT2D eigenvalue weighted by molar-refractivity contribution is 5.85. The number of fused-ring (bicyclic) bond motifs is 3. The van der Waals surface area contributed by atoms with E-state index in [0.29, 0.717) is 18.5 Å². The van der Waals surface area contributed by atoms with Crippen molar-refractivity contribution in [2.45, 2.75) is 18.5 Å². The van der Waals surface area contributed by atoms with Gasteiger partial charge >= 0.3 is 0 Å². The highest BCUT2D eigenvalue weighted by Crippen LogP contribution is 2.40. The molecule has 1 saturated heterocycles. The molecular weight excluding hydrogens is 341 g/mol. The van der Waals surface area contributed by atoms with Gasteiger partial charge in [-0.2, -0.15) is 0 Å². The number of hydrogen-bond acceptors (Lipinski definition) is 3. The van der Waals surface area contributed by atoms with Gasteiger partial charge in [-0.3, -0.25) is 4.90 Å². The van der Waals surface area contributed by atoms with Crippen molar-refractivity contribution < 1.29 is 0 Å². The number of rotatable bonds is 2. The minimum atomic E-state index is 0. The van der Waals surface area contributed by atoms with Gasteiger partial charge in [0.05, 0.1) is 0 Å². The quantitative estimate of drug-likeness (QED) is 0.858. The minimum Gasteiger partial charge on any atom is -0.326 e. The van der Waals surface area contributed by atoms with Crippen LogP contribution in [0.2, 0.25) is 0 Å². The molecule has 2 aromatic carbocycles. The first-order valence-electron chi connectivity index (χ1n) is 8.20. The van der Waals surface area contributed by atoms with Crippen LogP contribution in [0, 0.1) is 0 Å². The van der Waals surface area contributed by atoms with Crippen molar-refractivity contribution in [3.63, 3.8) is 0 Å². The molecule has 0 amide bonds. The number of benzene rings is 2. The van der Waals surface area contributed by atoms with Gasteiger partial charge in [0, 0.05) is 44.7 Å². The van der Waals surface area contributed by atoms with Crippen molar-refractivity contribution in [2.24, 2.45) is 5.73 Å². The van der Waals surface area contributed by atoms with Crippen LogP contribution in [0.25, 0.3) is 0 Å². The summed E-state index contributed by atoms with van der Waals surface area (Å²) >= 11 is 0. The van der Waals surface area contributed by atoms with E-state index < -0.39 is 0 Å². The fraction of sp³-hybridized carbons (Fsp3) is 0.368. The van der Waals surface area contributed by atoms with E-state index in [0.717, 1.165) is 26.2 Å². The first kappa shape index (κ1) is 19.2. The van der Waals surface area contributed by atoms with Gasteiger partial charge in [-0.15, -0.1) is 24.8 Å². The molecule has 3 N–H and O–H groups in total. The zero-order chi connectivity index (χ0) is 14.9. The molecule has 3 nitrogen and oxygen atoms in total. The Morgan fingerprint density at radius 3 is 2.38 bits per heavy atom. The Bertz CT molecular complexity index is 677. The number of nitrogens with two attached hydrogens (primary N) is 1. The molecule has 2 atom stereocenters. The topological polar surface area (TPSA) is 41.3 Å². The summed E-state index contributed by atoms with van der Waals surface area (Å²) in [6.07, 6.45) is 0. The monoisotopic (exact) mass is 365 g/mol. The molecule has 4 rings (SSSR count). The molecule has 0 aliphatic carbocycles. The second-order valence-corrected chi connectivity index (χ2v) is 6.30. The SMILES string of the molecule is Cl.Cl.NCc1ccccc1[C@H]1CN2CCNC[C@H]2c2ccccc21. The first-order chi connectivity index (χ1) is 10.9. The predicted molar refractivity (Wildman–Crippen MR) is 104 cm³/mol. The summed E-state index contributed by atoms with van der Waals surface area (Å²) < 4.78 is 0. The molecule has 2 aromatic rings. The van der Waals surface area contributed by atoms with Gasteiger partial charge in [-0.1, -0.05) is 48.5 Å². The average Bonchev–Trinajstić information content (AvgIpc) is 2.61. The Morgan fingerprint density at radius 1 is 0.958 bits per heavy atom. The summed E-state index contributed by atoms with van der Waals surface area (Å²) in [6.45, 7) is 4.98. The molecule has 2 aliphatic heterocycles. The van der Waals surface area contributed by atoms with Crippen molar-refractivity contribution in [3.8, 4) is 0 Å². The van der Waals surface area contributed by atoms with Gasteiger partial charge in [0.1, 0.15) is 0 Å². The van der Waals surface area contributed by atoms with Gasteiger partial charge in [-0.05, 0) is 22.3 Å². The van der Waals surface area contributed by atoms with E-state index in [1.54, 1.807) is 0 Å². The highest BCUT2D eigenvalue weighted by atomic mass is 35.5. The third-order valence-corrected chi connectivity index (χ3v) is 5.15. The molecule has 0 aromatic heterocycles. The van der Waals surface area contributed by atoms with Crippen molar-refractivity contribution in [3.05, 3.63) is 70.8 Å². The van der Waals surface area contributed by atoms with Crippen LogP contribution in [0.4, 0.5) is 0 Å². The molecular formula is C19H25Cl2N3. The average molecular weight is 366 g/mol. The molecule has 2 heterocycles. The second-order valence-electron chi connectivity index (χ2n) is 6.30. The number of nitrogens with one attached hydrogen (secondary N) is 1. The molecule has 0 unspecified atom stereocenters. The smallest absolute Gasteiger partial charge is 0.0476 e. The Morgan fingerprint density at radius 2 is 1.62 bits per heavy atom. The Kier molecular flexibility index (Phi) is 6.67. The van der Waals surface area contributed by atoms with Crippen molar-refractivity contribution in [1.29, 1.82) is 0 Å². The Labute approximate surface area is 156 Å². The van der Waals surface area contributed by atoms with Crippen molar-refractivity contribution in [1.82, 2.24) is 10.2 Å². The van der Waals surface area contributed by atoms with Crippen molar-refractivity contribution >= 4 is 24.8 Å². The van der Waals surface area contributed by atoms with Crippen molar-refractivity contribution in [2.75, 3.05) is 26.2 Å². The van der Waals surface area contributed by atoms with Crippen LogP contribution in [0.15, 0.2) is 48.5 Å². The molecule has 130 valence electrons. The largest absolute Gasteiger partial charge is 0.326 e. The Hall–Kier alpha value is -1.10. The van der Waals surface area contributed by atoms with Gasteiger partial charge in [-0.25, -0.2) is 0 Å². The normalized spacial score (nSPS) is 22.5. The lowest BCUT2D eigenvalue weighted by atomic mass is 9.79. The molecule has 0 bridgehead atoms.